The molecule has 0 saturated carbocycles. The fourth-order valence-electron chi connectivity index (χ4n) is 5.02. The number of aliphatic hydroxyl groups is 3. The van der Waals surface area contributed by atoms with Gasteiger partial charge in [-0.05, 0) is 30.0 Å². The first kappa shape index (κ1) is 23.3. The summed E-state index contributed by atoms with van der Waals surface area (Å²) in [6.45, 7) is -1.14. The summed E-state index contributed by atoms with van der Waals surface area (Å²) in [6, 6.07) is 2.11. The van der Waals surface area contributed by atoms with Gasteiger partial charge in [-0.1, -0.05) is 11.6 Å². The van der Waals surface area contributed by atoms with E-state index in [9.17, 15) is 48.1 Å². The highest BCUT2D eigenvalue weighted by Crippen LogP contribution is 2.52. The molecule has 0 aliphatic heterocycles. The molecule has 2 aliphatic rings. The summed E-state index contributed by atoms with van der Waals surface area (Å²) >= 11 is 6.12. The lowest BCUT2D eigenvalue weighted by Crippen LogP contribution is -2.57. The molecule has 0 fully saturated rings. The van der Waals surface area contributed by atoms with Crippen LogP contribution in [-0.4, -0.2) is 62.4 Å². The molecule has 0 aromatic heterocycles. The lowest BCUT2D eigenvalue weighted by atomic mass is 9.60. The second-order valence-corrected chi connectivity index (χ2v) is 9.94. The number of halogens is 1. The van der Waals surface area contributed by atoms with E-state index in [-0.39, 0.29) is 28.8 Å². The van der Waals surface area contributed by atoms with Crippen molar-refractivity contribution in [2.45, 2.75) is 23.3 Å². The summed E-state index contributed by atoms with van der Waals surface area (Å²) in [5.41, 5.74) is 1.79. The fraction of sp³-hybridized carbons (Fsp3) is 0.300. The number of rotatable bonds is 3. The Bertz CT molecular complexity index is 1400. The average Bonchev–Trinajstić information content (AvgIpc) is 2.68. The molecule has 13 heteroatoms. The standard InChI is InChI=1S/C20H18ClNO10S/c21-9-4-11(33(30,31)32)16(25)13-8(9)2-6-1-7-3-10(24)15(19(22)28)20(29,5-23)14(7)18(27)12(6)17(13)26/h2,4,7,14,23-26,29H,1,3,5H2,(H2,22,28)(H,30,31,32). The molecule has 0 heterocycles. The van der Waals surface area contributed by atoms with E-state index in [0.717, 1.165) is 6.07 Å². The van der Waals surface area contributed by atoms with Crippen molar-refractivity contribution < 1.29 is 48.1 Å². The molecular formula is C20H18ClNO10S. The van der Waals surface area contributed by atoms with E-state index >= 15 is 0 Å². The highest BCUT2D eigenvalue weighted by atomic mass is 35.5. The van der Waals surface area contributed by atoms with Crippen LogP contribution in [-0.2, 0) is 21.3 Å². The van der Waals surface area contributed by atoms with Crippen LogP contribution in [0.25, 0.3) is 10.8 Å². The summed E-state index contributed by atoms with van der Waals surface area (Å²) in [4.78, 5) is 24.3. The van der Waals surface area contributed by atoms with Crippen LogP contribution in [0.1, 0.15) is 22.3 Å². The van der Waals surface area contributed by atoms with Gasteiger partial charge in [0, 0.05) is 11.8 Å². The number of carbonyl (C=O) groups excluding carboxylic acids is 2. The molecule has 0 spiro atoms. The summed E-state index contributed by atoms with van der Waals surface area (Å²) in [6.07, 6.45) is -0.249. The number of ketones is 1. The Morgan fingerprint density at radius 3 is 2.36 bits per heavy atom. The van der Waals surface area contributed by atoms with Crippen LogP contribution in [0.2, 0.25) is 5.02 Å². The zero-order chi connectivity index (χ0) is 24.6. The van der Waals surface area contributed by atoms with Crippen LogP contribution in [0.3, 0.4) is 0 Å². The number of nitrogens with two attached hydrogens (primary N) is 1. The third kappa shape index (κ3) is 3.17. The maximum absolute atomic E-state index is 13.5. The number of fused-ring (bicyclic) bond motifs is 3. The van der Waals surface area contributed by atoms with Crippen molar-refractivity contribution in [3.8, 4) is 11.5 Å². The largest absolute Gasteiger partial charge is 0.512 e. The van der Waals surface area contributed by atoms with E-state index in [1.807, 2.05) is 0 Å². The summed E-state index contributed by atoms with van der Waals surface area (Å²) in [5, 5.41) is 51.8. The van der Waals surface area contributed by atoms with Gasteiger partial charge in [0.1, 0.15) is 27.8 Å². The molecule has 8 N–H and O–H groups in total. The van der Waals surface area contributed by atoms with Crippen LogP contribution >= 0.6 is 11.6 Å². The Morgan fingerprint density at radius 1 is 1.18 bits per heavy atom. The topological polar surface area (TPSA) is 216 Å². The Hall–Kier alpha value is -2.90. The quantitative estimate of drug-likeness (QED) is 0.291. The molecule has 0 saturated heterocycles. The molecule has 3 unspecified atom stereocenters. The first-order valence-corrected chi connectivity index (χ1v) is 11.3. The predicted octanol–water partition coefficient (Wildman–Crippen LogP) is 0.547. The zero-order valence-corrected chi connectivity index (χ0v) is 18.2. The van der Waals surface area contributed by atoms with Crippen LogP contribution < -0.4 is 5.73 Å². The minimum atomic E-state index is -4.95. The first-order chi connectivity index (χ1) is 15.2. The van der Waals surface area contributed by atoms with Gasteiger partial charge in [0.05, 0.1) is 34.1 Å². The zero-order valence-electron chi connectivity index (χ0n) is 16.6. The molecule has 176 valence electrons. The second kappa shape index (κ2) is 7.30. The smallest absolute Gasteiger partial charge is 0.298 e. The van der Waals surface area contributed by atoms with Crippen LogP contribution in [0.15, 0.2) is 28.4 Å². The molecule has 1 amide bonds. The fourth-order valence-corrected chi connectivity index (χ4v) is 5.96. The van der Waals surface area contributed by atoms with Gasteiger partial charge in [-0.2, -0.15) is 8.42 Å². The minimum absolute atomic E-state index is 0.0186. The molecule has 4 rings (SSSR count). The number of amides is 1. The van der Waals surface area contributed by atoms with Crippen molar-refractivity contribution in [1.29, 1.82) is 0 Å². The van der Waals surface area contributed by atoms with Crippen molar-refractivity contribution in [2.75, 3.05) is 6.61 Å². The molecule has 2 aromatic carbocycles. The highest BCUT2D eigenvalue weighted by Gasteiger charge is 2.56. The summed E-state index contributed by atoms with van der Waals surface area (Å²) in [5.74, 6) is -6.97. The number of aromatic hydroxyl groups is 2. The third-order valence-corrected chi connectivity index (χ3v) is 7.49. The summed E-state index contributed by atoms with van der Waals surface area (Å²) < 4.78 is 32.6. The number of carbonyl (C=O) groups is 2. The molecule has 2 aliphatic carbocycles. The van der Waals surface area contributed by atoms with Gasteiger partial charge in [0.25, 0.3) is 16.0 Å². The van der Waals surface area contributed by atoms with Crippen molar-refractivity contribution in [3.05, 3.63) is 39.6 Å². The highest BCUT2D eigenvalue weighted by molar-refractivity contribution is 7.86. The monoisotopic (exact) mass is 499 g/mol. The van der Waals surface area contributed by atoms with Crippen molar-refractivity contribution in [2.24, 2.45) is 17.6 Å². The summed E-state index contributed by atoms with van der Waals surface area (Å²) in [7, 11) is -4.95. The number of allylic oxidation sites excluding steroid dienone is 1. The molecular weight excluding hydrogens is 482 g/mol. The van der Waals surface area contributed by atoms with Gasteiger partial charge in [-0.25, -0.2) is 0 Å². The Kier molecular flexibility index (Phi) is 5.15. The van der Waals surface area contributed by atoms with Gasteiger partial charge in [0.2, 0.25) is 0 Å². The number of hydrogen-bond donors (Lipinski definition) is 7. The lowest BCUT2D eigenvalue weighted by molar-refractivity contribution is -0.121. The van der Waals surface area contributed by atoms with Gasteiger partial charge < -0.3 is 31.3 Å². The Labute approximate surface area is 191 Å². The normalized spacial score (nSPS) is 25.2. The van der Waals surface area contributed by atoms with Gasteiger partial charge in [0.15, 0.2) is 5.78 Å². The molecule has 3 atom stereocenters. The molecule has 33 heavy (non-hydrogen) atoms. The van der Waals surface area contributed by atoms with Gasteiger partial charge in [-0.15, -0.1) is 0 Å². The lowest BCUT2D eigenvalue weighted by Gasteiger charge is -2.45. The average molecular weight is 500 g/mol. The number of phenolic OH excluding ortho intramolecular Hbond substituents is 2. The molecule has 2 aromatic rings. The molecule has 0 bridgehead atoms. The van der Waals surface area contributed by atoms with E-state index in [1.54, 1.807) is 0 Å². The molecule has 0 radical (unpaired) electrons. The Balaban J connectivity index is 2.02. The number of Topliss-reactive ketones (excluding diaryl/α,β-unsaturated/α-hetero) is 1. The third-order valence-electron chi connectivity index (χ3n) is 6.31. The SMILES string of the molecule is NC(=O)C1=C(O)CC2Cc3cc4c(Cl)cc(S(=O)(=O)O)c(O)c4c(O)c3C(=O)C2C1(O)CO. The number of benzene rings is 2. The van der Waals surface area contributed by atoms with Crippen LogP contribution in [0.4, 0.5) is 0 Å². The van der Waals surface area contributed by atoms with E-state index in [0.29, 0.717) is 0 Å². The van der Waals surface area contributed by atoms with E-state index in [2.05, 4.69) is 0 Å². The van der Waals surface area contributed by atoms with Crippen LogP contribution in [0.5, 0.6) is 11.5 Å². The van der Waals surface area contributed by atoms with E-state index in [1.165, 1.54) is 6.07 Å². The number of aliphatic hydroxyl groups excluding tert-OH is 2. The van der Waals surface area contributed by atoms with Crippen molar-refractivity contribution in [3.63, 3.8) is 0 Å². The van der Waals surface area contributed by atoms with Gasteiger partial charge >= 0.3 is 0 Å². The number of primary amides is 1. The van der Waals surface area contributed by atoms with Gasteiger partial charge in [-0.3, -0.25) is 14.1 Å². The second-order valence-electron chi connectivity index (χ2n) is 8.14. The number of hydrogen-bond acceptors (Lipinski definition) is 9. The number of phenols is 2. The van der Waals surface area contributed by atoms with Crippen molar-refractivity contribution in [1.82, 2.24) is 0 Å². The maximum Gasteiger partial charge on any atom is 0.298 e. The van der Waals surface area contributed by atoms with E-state index in [4.69, 9.17) is 17.3 Å². The van der Waals surface area contributed by atoms with Crippen molar-refractivity contribution >= 4 is 44.2 Å². The Morgan fingerprint density at radius 2 is 1.82 bits per heavy atom. The maximum atomic E-state index is 13.5. The first-order valence-electron chi connectivity index (χ1n) is 9.51. The van der Waals surface area contributed by atoms with E-state index < -0.39 is 84.5 Å². The van der Waals surface area contributed by atoms with Crippen LogP contribution in [0, 0.1) is 11.8 Å². The predicted molar refractivity (Wildman–Crippen MR) is 113 cm³/mol. The minimum Gasteiger partial charge on any atom is -0.512 e. The molecule has 11 nitrogen and oxygen atoms in total.